The molecule has 5 nitrogen and oxygen atoms in total. The molecule has 2 aliphatic rings. The Morgan fingerprint density at radius 1 is 1.12 bits per heavy atom. The largest absolute Gasteiger partial charge is 0.504 e. The summed E-state index contributed by atoms with van der Waals surface area (Å²) in [6.45, 7) is 3.27. The summed E-state index contributed by atoms with van der Waals surface area (Å²) in [4.78, 5) is 0. The van der Waals surface area contributed by atoms with Gasteiger partial charge < -0.3 is 19.3 Å². The minimum Gasteiger partial charge on any atom is -0.504 e. The molecule has 2 aliphatic heterocycles. The van der Waals surface area contributed by atoms with Gasteiger partial charge in [-0.25, -0.2) is 0 Å². The van der Waals surface area contributed by atoms with Crippen LogP contribution in [0.15, 0.2) is 30.5 Å². The molecule has 3 heterocycles. The van der Waals surface area contributed by atoms with Crippen molar-refractivity contribution in [2.24, 2.45) is 0 Å². The van der Waals surface area contributed by atoms with Crippen LogP contribution in [0.1, 0.15) is 11.1 Å². The van der Waals surface area contributed by atoms with Crippen LogP contribution in [0.3, 0.4) is 0 Å². The molecule has 126 valence electrons. The number of pyridine rings is 1. The second-order valence-corrected chi connectivity index (χ2v) is 6.49. The SMILES string of the molecule is COc1c(O)ccc2c(C)c3[n+](cc12)CCc1cc2c(cc1-3)OCO2. The van der Waals surface area contributed by atoms with Crippen LogP contribution in [-0.4, -0.2) is 19.0 Å². The van der Waals surface area contributed by atoms with E-state index in [-0.39, 0.29) is 12.5 Å². The zero-order chi connectivity index (χ0) is 17.1. The summed E-state index contributed by atoms with van der Waals surface area (Å²) < 4.78 is 18.8. The first-order chi connectivity index (χ1) is 12.2. The molecule has 0 radical (unpaired) electrons. The van der Waals surface area contributed by atoms with E-state index in [1.54, 1.807) is 13.2 Å². The Kier molecular flexibility index (Phi) is 2.89. The van der Waals surface area contributed by atoms with Crippen molar-refractivity contribution in [2.45, 2.75) is 19.9 Å². The first kappa shape index (κ1) is 14.4. The number of phenolic OH excluding ortho intramolecular Hbond substituents is 1. The van der Waals surface area contributed by atoms with Crippen molar-refractivity contribution >= 4 is 10.8 Å². The third-order valence-electron chi connectivity index (χ3n) is 5.19. The second-order valence-electron chi connectivity index (χ2n) is 6.49. The van der Waals surface area contributed by atoms with Gasteiger partial charge in [0.1, 0.15) is 0 Å². The minimum absolute atomic E-state index is 0.162. The van der Waals surface area contributed by atoms with Gasteiger partial charge in [0.2, 0.25) is 12.5 Å². The van der Waals surface area contributed by atoms with Crippen LogP contribution in [0.2, 0.25) is 0 Å². The molecule has 0 spiro atoms. The van der Waals surface area contributed by atoms with Crippen LogP contribution >= 0.6 is 0 Å². The molecule has 0 amide bonds. The highest BCUT2D eigenvalue weighted by Gasteiger charge is 2.30. The van der Waals surface area contributed by atoms with E-state index in [9.17, 15) is 5.11 Å². The molecule has 5 heteroatoms. The summed E-state index contributed by atoms with van der Waals surface area (Å²) in [5.41, 5.74) is 4.80. The highest BCUT2D eigenvalue weighted by Crippen LogP contribution is 2.42. The number of aromatic hydroxyl groups is 1. The van der Waals surface area contributed by atoms with Crippen LogP contribution in [0, 0.1) is 6.92 Å². The lowest BCUT2D eigenvalue weighted by atomic mass is 9.92. The maximum Gasteiger partial charge on any atom is 0.231 e. The molecule has 1 N–H and O–H groups in total. The number of hydrogen-bond acceptors (Lipinski definition) is 4. The van der Waals surface area contributed by atoms with Crippen LogP contribution in [0.5, 0.6) is 23.0 Å². The van der Waals surface area contributed by atoms with Gasteiger partial charge in [-0.1, -0.05) is 0 Å². The van der Waals surface area contributed by atoms with Crippen molar-refractivity contribution in [1.29, 1.82) is 0 Å². The highest BCUT2D eigenvalue weighted by molar-refractivity contribution is 5.94. The third kappa shape index (κ3) is 1.92. The van der Waals surface area contributed by atoms with Gasteiger partial charge in [0, 0.05) is 17.4 Å². The standard InChI is InChI=1S/C20H17NO4/c1-11-13-3-4-16(22)20(23-2)15(13)9-21-6-5-12-7-17-18(25-10-24-17)8-14(12)19(11)21/h3-4,7-9H,5-6,10H2,1-2H3/p+1. The zero-order valence-corrected chi connectivity index (χ0v) is 14.1. The number of aromatic nitrogens is 1. The fourth-order valence-electron chi connectivity index (χ4n) is 4.01. The lowest BCUT2D eigenvalue weighted by molar-refractivity contribution is -0.686. The quantitative estimate of drug-likeness (QED) is 0.694. The summed E-state index contributed by atoms with van der Waals surface area (Å²) in [6.07, 6.45) is 3.00. The number of methoxy groups -OCH3 is 1. The average molecular weight is 336 g/mol. The molecule has 0 aliphatic carbocycles. The predicted molar refractivity (Wildman–Crippen MR) is 92.4 cm³/mol. The van der Waals surface area contributed by atoms with E-state index < -0.39 is 0 Å². The number of rotatable bonds is 1. The third-order valence-corrected chi connectivity index (χ3v) is 5.19. The molecule has 5 rings (SSSR count). The van der Waals surface area contributed by atoms with Crippen molar-refractivity contribution < 1.29 is 23.9 Å². The maximum absolute atomic E-state index is 10.1. The Bertz CT molecular complexity index is 1040. The highest BCUT2D eigenvalue weighted by atomic mass is 16.7. The summed E-state index contributed by atoms with van der Waals surface area (Å²) in [5, 5.41) is 12.1. The van der Waals surface area contributed by atoms with Gasteiger partial charge in [-0.3, -0.25) is 0 Å². The van der Waals surface area contributed by atoms with E-state index in [2.05, 4.69) is 29.8 Å². The second kappa shape index (κ2) is 5.02. The first-order valence-corrected chi connectivity index (χ1v) is 8.33. The van der Waals surface area contributed by atoms with Crippen LogP contribution in [0.4, 0.5) is 0 Å². The molecule has 0 unspecified atom stereocenters. The Morgan fingerprint density at radius 3 is 2.72 bits per heavy atom. The fourth-order valence-corrected chi connectivity index (χ4v) is 4.01. The number of benzene rings is 2. The van der Waals surface area contributed by atoms with E-state index in [1.165, 1.54) is 16.8 Å². The van der Waals surface area contributed by atoms with E-state index in [4.69, 9.17) is 14.2 Å². The Labute approximate surface area is 145 Å². The molecule has 0 saturated carbocycles. The smallest absolute Gasteiger partial charge is 0.231 e. The molecule has 3 aromatic rings. The van der Waals surface area contributed by atoms with Crippen LogP contribution in [-0.2, 0) is 13.0 Å². The zero-order valence-electron chi connectivity index (χ0n) is 14.1. The van der Waals surface area contributed by atoms with Crippen molar-refractivity contribution in [3.05, 3.63) is 41.6 Å². The maximum atomic E-state index is 10.1. The van der Waals surface area contributed by atoms with Gasteiger partial charge >= 0.3 is 0 Å². The van der Waals surface area contributed by atoms with Crippen molar-refractivity contribution in [3.8, 4) is 34.3 Å². The molecule has 0 fully saturated rings. The number of aryl methyl sites for hydroxylation is 3. The van der Waals surface area contributed by atoms with Crippen molar-refractivity contribution in [3.63, 3.8) is 0 Å². The first-order valence-electron chi connectivity index (χ1n) is 8.33. The van der Waals surface area contributed by atoms with E-state index in [0.717, 1.165) is 40.8 Å². The summed E-state index contributed by atoms with van der Waals surface area (Å²) in [5.74, 6) is 2.31. The summed E-state index contributed by atoms with van der Waals surface area (Å²) in [7, 11) is 1.59. The number of ether oxygens (including phenoxy) is 3. The van der Waals surface area contributed by atoms with Crippen LogP contribution < -0.4 is 18.8 Å². The number of fused-ring (bicyclic) bond motifs is 5. The Morgan fingerprint density at radius 2 is 1.92 bits per heavy atom. The molecule has 0 bridgehead atoms. The molecule has 1 aromatic heterocycles. The van der Waals surface area contributed by atoms with Crippen LogP contribution in [0.25, 0.3) is 22.0 Å². The number of hydrogen-bond donors (Lipinski definition) is 1. The van der Waals surface area contributed by atoms with E-state index in [0.29, 0.717) is 5.75 Å². The molecule has 0 saturated heterocycles. The predicted octanol–water partition coefficient (Wildman–Crippen LogP) is 3.10. The van der Waals surface area contributed by atoms with E-state index >= 15 is 0 Å². The van der Waals surface area contributed by atoms with Crippen molar-refractivity contribution in [1.82, 2.24) is 0 Å². The summed E-state index contributed by atoms with van der Waals surface area (Å²) in [6, 6.07) is 7.82. The minimum atomic E-state index is 0.162. The normalized spacial score (nSPS) is 14.3. The molecule has 25 heavy (non-hydrogen) atoms. The molecular weight excluding hydrogens is 318 g/mol. The Balaban J connectivity index is 1.83. The summed E-state index contributed by atoms with van der Waals surface area (Å²) >= 11 is 0. The van der Waals surface area contributed by atoms with Crippen molar-refractivity contribution in [2.75, 3.05) is 13.9 Å². The van der Waals surface area contributed by atoms with Gasteiger partial charge in [-0.2, -0.15) is 4.57 Å². The van der Waals surface area contributed by atoms with E-state index in [1.807, 2.05) is 6.07 Å². The van der Waals surface area contributed by atoms with Gasteiger partial charge in [0.25, 0.3) is 0 Å². The van der Waals surface area contributed by atoms with Gasteiger partial charge in [-0.05, 0) is 36.8 Å². The molecular formula is C20H18NO4+. The number of nitrogens with zero attached hydrogens (tertiary/aromatic N) is 1. The van der Waals surface area contributed by atoms with Gasteiger partial charge in [-0.15, -0.1) is 0 Å². The fraction of sp³-hybridized carbons (Fsp3) is 0.250. The number of phenols is 1. The lowest BCUT2D eigenvalue weighted by Gasteiger charge is -2.19. The van der Waals surface area contributed by atoms with Gasteiger partial charge in [0.05, 0.1) is 18.1 Å². The molecule has 0 atom stereocenters. The monoisotopic (exact) mass is 336 g/mol. The average Bonchev–Trinajstić information content (AvgIpc) is 3.07. The lowest BCUT2D eigenvalue weighted by Crippen LogP contribution is -2.40. The van der Waals surface area contributed by atoms with Gasteiger partial charge in [0.15, 0.2) is 35.7 Å². The molecule has 2 aromatic carbocycles. The Hall–Kier alpha value is -2.95. The topological polar surface area (TPSA) is 51.8 Å².